The first kappa shape index (κ1) is 12.2. The van der Waals surface area contributed by atoms with Crippen molar-refractivity contribution in [2.75, 3.05) is 17.6 Å². The van der Waals surface area contributed by atoms with E-state index in [-0.39, 0.29) is 0 Å². The molecule has 1 aromatic carbocycles. The lowest BCUT2D eigenvalue weighted by Gasteiger charge is -2.11. The van der Waals surface area contributed by atoms with E-state index in [0.717, 1.165) is 29.4 Å². The van der Waals surface area contributed by atoms with Crippen LogP contribution in [-0.4, -0.2) is 17.3 Å². The van der Waals surface area contributed by atoms with Gasteiger partial charge in [-0.2, -0.15) is 11.8 Å². The molecule has 2 aromatic rings. The molecule has 0 unspecified atom stereocenters. The van der Waals surface area contributed by atoms with Crippen LogP contribution in [0.2, 0.25) is 0 Å². The van der Waals surface area contributed by atoms with Crippen LogP contribution in [0.15, 0.2) is 30.3 Å². The zero-order chi connectivity index (χ0) is 12.1. The predicted octanol–water partition coefficient (Wildman–Crippen LogP) is 3.92. The fourth-order valence-corrected chi connectivity index (χ4v) is 2.45. The summed E-state index contributed by atoms with van der Waals surface area (Å²) in [6.07, 6.45) is 0. The van der Waals surface area contributed by atoms with Crippen molar-refractivity contribution in [3.05, 3.63) is 35.9 Å². The van der Waals surface area contributed by atoms with Crippen molar-refractivity contribution >= 4 is 28.5 Å². The van der Waals surface area contributed by atoms with E-state index in [1.165, 1.54) is 10.9 Å². The third kappa shape index (κ3) is 2.91. The molecule has 0 amide bonds. The summed E-state index contributed by atoms with van der Waals surface area (Å²) in [7, 11) is 0. The highest BCUT2D eigenvalue weighted by atomic mass is 32.2. The van der Waals surface area contributed by atoms with Gasteiger partial charge in [0.15, 0.2) is 0 Å². The first-order valence-electron chi connectivity index (χ1n) is 6.05. The van der Waals surface area contributed by atoms with Crippen LogP contribution < -0.4 is 5.32 Å². The Morgan fingerprint density at radius 2 is 2.06 bits per heavy atom. The second kappa shape index (κ2) is 5.92. The van der Waals surface area contributed by atoms with Gasteiger partial charge in [-0.3, -0.25) is 0 Å². The summed E-state index contributed by atoms with van der Waals surface area (Å²) in [4.78, 5) is 4.69. The van der Waals surface area contributed by atoms with Crippen molar-refractivity contribution in [1.82, 2.24) is 4.98 Å². The van der Waals surface area contributed by atoms with Crippen LogP contribution in [0, 0.1) is 0 Å². The number of thioether (sulfide) groups is 1. The smallest absolute Gasteiger partial charge is 0.130 e. The van der Waals surface area contributed by atoms with Gasteiger partial charge in [0.05, 0.1) is 5.52 Å². The number of hydrogen-bond acceptors (Lipinski definition) is 3. The Kier molecular flexibility index (Phi) is 4.26. The number of nitrogens with one attached hydrogen (secondary N) is 1. The molecule has 1 aromatic heterocycles. The van der Waals surface area contributed by atoms with E-state index in [2.05, 4.69) is 43.4 Å². The van der Waals surface area contributed by atoms with E-state index in [4.69, 9.17) is 4.98 Å². The molecule has 17 heavy (non-hydrogen) atoms. The molecule has 0 bridgehead atoms. The molecular formula is C14H18N2S. The number of rotatable bonds is 5. The first-order valence-corrected chi connectivity index (χ1v) is 7.21. The summed E-state index contributed by atoms with van der Waals surface area (Å²) < 4.78 is 0. The average molecular weight is 246 g/mol. The number of para-hydroxylation sites is 1. The topological polar surface area (TPSA) is 24.9 Å². The second-order valence-corrected chi connectivity index (χ2v) is 5.13. The van der Waals surface area contributed by atoms with Gasteiger partial charge in [0.2, 0.25) is 0 Å². The van der Waals surface area contributed by atoms with Crippen LogP contribution in [0.25, 0.3) is 10.9 Å². The summed E-state index contributed by atoms with van der Waals surface area (Å²) in [5.74, 6) is 3.20. The van der Waals surface area contributed by atoms with E-state index < -0.39 is 0 Å². The minimum atomic E-state index is 0.912. The summed E-state index contributed by atoms with van der Waals surface area (Å²) in [5.41, 5.74) is 2.37. The molecule has 0 aliphatic carbocycles. The maximum Gasteiger partial charge on any atom is 0.130 e. The molecule has 0 saturated heterocycles. The Hall–Kier alpha value is -1.22. The van der Waals surface area contributed by atoms with Gasteiger partial charge in [-0.15, -0.1) is 0 Å². The number of aromatic nitrogens is 1. The van der Waals surface area contributed by atoms with E-state index in [1.807, 2.05) is 17.8 Å². The molecule has 0 aliphatic heterocycles. The summed E-state index contributed by atoms with van der Waals surface area (Å²) in [6, 6.07) is 10.5. The van der Waals surface area contributed by atoms with Gasteiger partial charge < -0.3 is 5.32 Å². The summed E-state index contributed by atoms with van der Waals surface area (Å²) >= 11 is 1.93. The van der Waals surface area contributed by atoms with E-state index in [1.54, 1.807) is 0 Å². The lowest BCUT2D eigenvalue weighted by molar-refractivity contribution is 1.15. The van der Waals surface area contributed by atoms with Gasteiger partial charge in [0.25, 0.3) is 0 Å². The van der Waals surface area contributed by atoms with Crippen LogP contribution in [-0.2, 0) is 5.75 Å². The summed E-state index contributed by atoms with van der Waals surface area (Å²) in [6.45, 7) is 5.20. The molecule has 90 valence electrons. The fourth-order valence-electron chi connectivity index (χ4n) is 1.80. The first-order chi connectivity index (χ1) is 8.35. The monoisotopic (exact) mass is 246 g/mol. The quantitative estimate of drug-likeness (QED) is 0.865. The minimum absolute atomic E-state index is 0.912. The molecular weight excluding hydrogens is 228 g/mol. The zero-order valence-electron chi connectivity index (χ0n) is 10.4. The van der Waals surface area contributed by atoms with Crippen molar-refractivity contribution < 1.29 is 0 Å². The SMILES string of the molecule is CCNc1nc2ccccc2cc1CSCC. The Morgan fingerprint density at radius 3 is 2.82 bits per heavy atom. The zero-order valence-corrected chi connectivity index (χ0v) is 11.2. The Balaban J connectivity index is 2.42. The van der Waals surface area contributed by atoms with Crippen molar-refractivity contribution in [3.63, 3.8) is 0 Å². The van der Waals surface area contributed by atoms with Gasteiger partial charge in [0, 0.05) is 23.2 Å². The normalized spacial score (nSPS) is 10.7. The number of anilines is 1. The van der Waals surface area contributed by atoms with Crippen LogP contribution in [0.1, 0.15) is 19.4 Å². The van der Waals surface area contributed by atoms with Crippen LogP contribution in [0.5, 0.6) is 0 Å². The summed E-state index contributed by atoms with van der Waals surface area (Å²) in [5, 5.41) is 4.58. The molecule has 2 rings (SSSR count). The third-order valence-electron chi connectivity index (χ3n) is 2.61. The van der Waals surface area contributed by atoms with Gasteiger partial charge >= 0.3 is 0 Å². The molecule has 1 heterocycles. The van der Waals surface area contributed by atoms with Crippen molar-refractivity contribution in [3.8, 4) is 0 Å². The molecule has 0 atom stereocenters. The number of pyridine rings is 1. The highest BCUT2D eigenvalue weighted by molar-refractivity contribution is 7.98. The van der Waals surface area contributed by atoms with Gasteiger partial charge in [0.1, 0.15) is 5.82 Å². The number of fused-ring (bicyclic) bond motifs is 1. The highest BCUT2D eigenvalue weighted by Gasteiger charge is 2.05. The molecule has 2 nitrogen and oxygen atoms in total. The molecule has 0 aliphatic rings. The minimum Gasteiger partial charge on any atom is -0.370 e. The maximum atomic E-state index is 4.69. The van der Waals surface area contributed by atoms with Crippen LogP contribution in [0.3, 0.4) is 0 Å². The van der Waals surface area contributed by atoms with Crippen LogP contribution in [0.4, 0.5) is 5.82 Å². The molecule has 0 spiro atoms. The lowest BCUT2D eigenvalue weighted by atomic mass is 10.1. The van der Waals surface area contributed by atoms with Gasteiger partial charge in [-0.05, 0) is 24.8 Å². The number of benzene rings is 1. The van der Waals surface area contributed by atoms with Gasteiger partial charge in [-0.1, -0.05) is 25.1 Å². The Morgan fingerprint density at radius 1 is 1.24 bits per heavy atom. The van der Waals surface area contributed by atoms with Crippen molar-refractivity contribution in [2.24, 2.45) is 0 Å². The Labute approximate surface area is 107 Å². The maximum absolute atomic E-state index is 4.69. The van der Waals surface area contributed by atoms with Gasteiger partial charge in [-0.25, -0.2) is 4.98 Å². The second-order valence-electron chi connectivity index (χ2n) is 3.86. The molecule has 3 heteroatoms. The van der Waals surface area contributed by atoms with Crippen LogP contribution >= 0.6 is 11.8 Å². The molecule has 0 fully saturated rings. The average Bonchev–Trinajstić information content (AvgIpc) is 2.36. The standard InChI is InChI=1S/C14H18N2S/c1-3-15-14-12(10-17-4-2)9-11-7-5-6-8-13(11)16-14/h5-9H,3-4,10H2,1-2H3,(H,15,16). The molecule has 1 N–H and O–H groups in total. The largest absolute Gasteiger partial charge is 0.370 e. The van der Waals surface area contributed by atoms with E-state index >= 15 is 0 Å². The molecule has 0 saturated carbocycles. The molecule has 0 radical (unpaired) electrons. The van der Waals surface area contributed by atoms with Crippen molar-refractivity contribution in [2.45, 2.75) is 19.6 Å². The fraction of sp³-hybridized carbons (Fsp3) is 0.357. The van der Waals surface area contributed by atoms with E-state index in [0.29, 0.717) is 0 Å². The highest BCUT2D eigenvalue weighted by Crippen LogP contribution is 2.24. The number of hydrogen-bond donors (Lipinski definition) is 1. The predicted molar refractivity (Wildman–Crippen MR) is 77.7 cm³/mol. The van der Waals surface area contributed by atoms with E-state index in [9.17, 15) is 0 Å². The Bertz CT molecular complexity index is 497. The van der Waals surface area contributed by atoms with Crippen molar-refractivity contribution in [1.29, 1.82) is 0 Å². The third-order valence-corrected chi connectivity index (χ3v) is 3.53. The lowest BCUT2D eigenvalue weighted by Crippen LogP contribution is -2.03. The number of nitrogens with zero attached hydrogens (tertiary/aromatic N) is 1.